The van der Waals surface area contributed by atoms with Gasteiger partial charge in [-0.25, -0.2) is 0 Å². The maximum atomic E-state index is 13.9. The number of carbonyl (C=O) groups is 2. The van der Waals surface area contributed by atoms with Crippen LogP contribution in [0.1, 0.15) is 69.9 Å². The number of carbonyl (C=O) groups excluding carboxylic acids is 2. The molecule has 6 nitrogen and oxygen atoms in total. The van der Waals surface area contributed by atoms with Crippen LogP contribution in [0.2, 0.25) is 5.02 Å². The summed E-state index contributed by atoms with van der Waals surface area (Å²) in [5.74, 6) is -4.50. The highest BCUT2D eigenvalue weighted by Crippen LogP contribution is 2.46. The summed E-state index contributed by atoms with van der Waals surface area (Å²) in [5, 5.41) is 7.75. The van der Waals surface area contributed by atoms with Gasteiger partial charge in [0.1, 0.15) is 5.60 Å². The van der Waals surface area contributed by atoms with Crippen molar-refractivity contribution >= 4 is 40.1 Å². The highest BCUT2D eigenvalue weighted by Gasteiger charge is 2.45. The first-order chi connectivity index (χ1) is 18.1. The summed E-state index contributed by atoms with van der Waals surface area (Å²) >= 11 is 6.40. The van der Waals surface area contributed by atoms with Crippen molar-refractivity contribution in [2.75, 3.05) is 5.32 Å². The fraction of sp³-hybridized carbons (Fsp3) is 0.483. The first-order valence-corrected chi connectivity index (χ1v) is 13.3. The average Bonchev–Trinajstić information content (AvgIpc) is 3.60. The average molecular weight is 564 g/mol. The van der Waals surface area contributed by atoms with Crippen LogP contribution in [0.5, 0.6) is 0 Å². The monoisotopic (exact) mass is 563 g/mol. The van der Waals surface area contributed by atoms with Crippen molar-refractivity contribution in [1.82, 2.24) is 9.78 Å². The second-order valence-corrected chi connectivity index (χ2v) is 11.8. The Bertz CT molecular complexity index is 1380. The third-order valence-corrected chi connectivity index (χ3v) is 7.43. The molecule has 1 amide bonds. The molecule has 1 fully saturated rings. The number of esters is 1. The van der Waals surface area contributed by atoms with E-state index in [2.05, 4.69) is 10.4 Å². The molecule has 1 aliphatic rings. The van der Waals surface area contributed by atoms with E-state index < -0.39 is 29.5 Å². The molecule has 3 atom stereocenters. The van der Waals surface area contributed by atoms with E-state index in [0.717, 1.165) is 30.7 Å². The predicted octanol–water partition coefficient (Wildman–Crippen LogP) is 7.37. The Labute approximate surface area is 230 Å². The molecule has 3 unspecified atom stereocenters. The summed E-state index contributed by atoms with van der Waals surface area (Å²) in [5.41, 5.74) is 1.21. The quantitative estimate of drug-likeness (QED) is 0.290. The molecule has 0 aliphatic heterocycles. The van der Waals surface area contributed by atoms with Crippen LogP contribution >= 0.6 is 11.6 Å². The molecule has 0 bridgehead atoms. The molecule has 0 spiro atoms. The molecular weight excluding hydrogens is 531 g/mol. The number of aryl methyl sites for hydroxylation is 1. The van der Waals surface area contributed by atoms with Crippen LogP contribution in [-0.4, -0.2) is 33.4 Å². The molecule has 4 rings (SSSR count). The van der Waals surface area contributed by atoms with Gasteiger partial charge in [-0.2, -0.15) is 18.3 Å². The summed E-state index contributed by atoms with van der Waals surface area (Å²) in [6.07, 6.45) is -0.923. The molecule has 1 aromatic heterocycles. The Hall–Kier alpha value is -3.07. The van der Waals surface area contributed by atoms with E-state index >= 15 is 0 Å². The van der Waals surface area contributed by atoms with Crippen LogP contribution in [0.4, 0.5) is 18.9 Å². The minimum atomic E-state index is -4.61. The van der Waals surface area contributed by atoms with Gasteiger partial charge >= 0.3 is 12.1 Å². The number of hydrogen-bond donors (Lipinski definition) is 1. The summed E-state index contributed by atoms with van der Waals surface area (Å²) in [4.78, 5) is 26.1. The predicted molar refractivity (Wildman–Crippen MR) is 145 cm³/mol. The van der Waals surface area contributed by atoms with Gasteiger partial charge in [0.15, 0.2) is 0 Å². The number of alkyl halides is 3. The number of aromatic nitrogens is 2. The first kappa shape index (κ1) is 28.9. The molecule has 1 heterocycles. The second kappa shape index (κ2) is 10.8. The highest BCUT2D eigenvalue weighted by atomic mass is 35.5. The van der Waals surface area contributed by atoms with Crippen molar-refractivity contribution in [2.45, 2.75) is 70.6 Å². The number of fused-ring (bicyclic) bond motifs is 1. The second-order valence-electron chi connectivity index (χ2n) is 11.4. The summed E-state index contributed by atoms with van der Waals surface area (Å²) < 4.78 is 48.9. The number of ether oxygens (including phenoxy) is 1. The van der Waals surface area contributed by atoms with Crippen molar-refractivity contribution < 1.29 is 27.5 Å². The van der Waals surface area contributed by atoms with E-state index in [-0.39, 0.29) is 40.5 Å². The third kappa shape index (κ3) is 6.93. The third-order valence-electron chi connectivity index (χ3n) is 7.11. The Balaban J connectivity index is 1.64. The summed E-state index contributed by atoms with van der Waals surface area (Å²) in [6, 6.07) is 9.80. The zero-order valence-corrected chi connectivity index (χ0v) is 23.4. The fourth-order valence-electron chi connectivity index (χ4n) is 4.91. The van der Waals surface area contributed by atoms with Crippen molar-refractivity contribution in [3.05, 3.63) is 58.7 Å². The van der Waals surface area contributed by atoms with Crippen LogP contribution in [0, 0.1) is 11.8 Å². The van der Waals surface area contributed by atoms with Gasteiger partial charge in [-0.1, -0.05) is 36.7 Å². The Morgan fingerprint density at radius 3 is 2.41 bits per heavy atom. The van der Waals surface area contributed by atoms with E-state index in [9.17, 15) is 22.8 Å². The van der Waals surface area contributed by atoms with Gasteiger partial charge in [-0.15, -0.1) is 0 Å². The van der Waals surface area contributed by atoms with Gasteiger partial charge in [0.25, 0.3) is 0 Å². The van der Waals surface area contributed by atoms with Gasteiger partial charge in [0.2, 0.25) is 5.91 Å². The minimum Gasteiger partial charge on any atom is -0.460 e. The standard InChI is InChI=1S/C29H33ClF3N3O3/c1-16(29(31,32)33)26(19-8-9-20-15-34-36(5)24(20)13-19)27(38)35-23-12-18(10-11-22(23)30)21(17-6-7-17)14-25(37)39-28(2,3)4/h8-13,15-17,21,26H,6-7,14H2,1-5H3,(H,35,38). The normalized spacial score (nSPS) is 16.5. The minimum absolute atomic E-state index is 0.148. The number of nitrogens with zero attached hydrogens (tertiary/aromatic N) is 2. The SMILES string of the molecule is CC(C(C(=O)Nc1cc(C(CC(=O)OC(C)(C)C)C2CC2)ccc1Cl)c1ccc2cnn(C)c2c1)C(F)(F)F. The van der Waals surface area contributed by atoms with E-state index in [0.29, 0.717) is 5.52 Å². The van der Waals surface area contributed by atoms with Gasteiger partial charge in [-0.3, -0.25) is 14.3 Å². The Morgan fingerprint density at radius 2 is 1.79 bits per heavy atom. The summed E-state index contributed by atoms with van der Waals surface area (Å²) in [7, 11) is 1.69. The molecule has 10 heteroatoms. The van der Waals surface area contributed by atoms with Gasteiger partial charge in [0, 0.05) is 12.4 Å². The number of nitrogens with one attached hydrogen (secondary N) is 1. The smallest absolute Gasteiger partial charge is 0.392 e. The van der Waals surface area contributed by atoms with Gasteiger partial charge in [0.05, 0.1) is 40.7 Å². The lowest BCUT2D eigenvalue weighted by Gasteiger charge is -2.26. The molecule has 39 heavy (non-hydrogen) atoms. The molecule has 3 aromatic rings. The summed E-state index contributed by atoms with van der Waals surface area (Å²) in [6.45, 7) is 6.41. The molecule has 210 valence electrons. The molecule has 1 aliphatic carbocycles. The fourth-order valence-corrected chi connectivity index (χ4v) is 5.07. The molecule has 1 N–H and O–H groups in total. The lowest BCUT2D eigenvalue weighted by Crippen LogP contribution is -2.34. The van der Waals surface area contributed by atoms with Crippen molar-refractivity contribution in [1.29, 1.82) is 0 Å². The molecule has 0 radical (unpaired) electrons. The molecular formula is C29H33ClF3N3O3. The molecule has 2 aromatic carbocycles. The van der Waals surface area contributed by atoms with E-state index in [1.54, 1.807) is 69.0 Å². The van der Waals surface area contributed by atoms with Crippen LogP contribution in [0.15, 0.2) is 42.6 Å². The lowest BCUT2D eigenvalue weighted by atomic mass is 9.85. The van der Waals surface area contributed by atoms with E-state index in [4.69, 9.17) is 16.3 Å². The van der Waals surface area contributed by atoms with Crippen LogP contribution in [-0.2, 0) is 21.4 Å². The zero-order chi connectivity index (χ0) is 28.7. The Morgan fingerprint density at radius 1 is 1.13 bits per heavy atom. The van der Waals surface area contributed by atoms with Crippen molar-refractivity contribution in [3.63, 3.8) is 0 Å². The van der Waals surface area contributed by atoms with Gasteiger partial charge in [-0.05, 0) is 74.8 Å². The number of halogens is 4. The van der Waals surface area contributed by atoms with E-state index in [1.807, 2.05) is 0 Å². The van der Waals surface area contributed by atoms with Crippen LogP contribution in [0.25, 0.3) is 10.9 Å². The number of amides is 1. The van der Waals surface area contributed by atoms with Crippen molar-refractivity contribution in [2.24, 2.45) is 18.9 Å². The first-order valence-electron chi connectivity index (χ1n) is 12.9. The lowest BCUT2D eigenvalue weighted by molar-refractivity contribution is -0.178. The largest absolute Gasteiger partial charge is 0.460 e. The number of benzene rings is 2. The Kier molecular flexibility index (Phi) is 8.03. The maximum Gasteiger partial charge on any atom is 0.392 e. The molecule has 0 saturated heterocycles. The van der Waals surface area contributed by atoms with Crippen molar-refractivity contribution in [3.8, 4) is 0 Å². The van der Waals surface area contributed by atoms with Gasteiger partial charge < -0.3 is 10.1 Å². The maximum absolute atomic E-state index is 13.9. The number of rotatable bonds is 8. The van der Waals surface area contributed by atoms with E-state index in [1.165, 1.54) is 6.07 Å². The number of hydrogen-bond acceptors (Lipinski definition) is 4. The topological polar surface area (TPSA) is 73.2 Å². The van der Waals surface area contributed by atoms with Crippen LogP contribution < -0.4 is 5.32 Å². The molecule has 1 saturated carbocycles. The highest BCUT2D eigenvalue weighted by molar-refractivity contribution is 6.33. The zero-order valence-electron chi connectivity index (χ0n) is 22.6. The van der Waals surface area contributed by atoms with Crippen LogP contribution in [0.3, 0.4) is 0 Å². The number of anilines is 1.